The second-order valence-corrected chi connectivity index (χ2v) is 2.38. The number of nitrogens with one attached hydrogen (secondary N) is 1. The molecule has 1 aromatic rings. The molecule has 0 bridgehead atoms. The summed E-state index contributed by atoms with van der Waals surface area (Å²) in [6.45, 7) is 0. The summed E-state index contributed by atoms with van der Waals surface area (Å²) in [5, 5.41) is 8.84. The van der Waals surface area contributed by atoms with Gasteiger partial charge in [0.25, 0.3) is 0 Å². The van der Waals surface area contributed by atoms with Crippen molar-refractivity contribution in [3.63, 3.8) is 0 Å². The van der Waals surface area contributed by atoms with Crippen molar-refractivity contribution in [1.29, 1.82) is 0 Å². The van der Waals surface area contributed by atoms with E-state index in [1.165, 1.54) is 6.21 Å². The summed E-state index contributed by atoms with van der Waals surface area (Å²) in [5.41, 5.74) is 1.43. The van der Waals surface area contributed by atoms with Gasteiger partial charge in [0.15, 0.2) is 11.9 Å². The Kier molecular flexibility index (Phi) is 2.44. The molecule has 0 aliphatic rings. The fraction of sp³-hybridized carbons (Fsp3) is 0.143. The molecular formula is C7H9ClN3+. The maximum Gasteiger partial charge on any atom is 0.188 e. The highest BCUT2D eigenvalue weighted by Crippen LogP contribution is 2.21. The van der Waals surface area contributed by atoms with Crippen molar-refractivity contribution in [2.75, 3.05) is 12.4 Å². The van der Waals surface area contributed by atoms with Crippen LogP contribution in [0, 0.1) is 0 Å². The maximum absolute atomic E-state index is 5.83. The van der Waals surface area contributed by atoms with Crippen molar-refractivity contribution in [2.45, 2.75) is 0 Å². The van der Waals surface area contributed by atoms with Gasteiger partial charge < -0.3 is 5.32 Å². The highest BCUT2D eigenvalue weighted by atomic mass is 35.5. The van der Waals surface area contributed by atoms with Crippen LogP contribution in [-0.4, -0.2) is 18.2 Å². The van der Waals surface area contributed by atoms with Crippen LogP contribution < -0.4 is 10.7 Å². The van der Waals surface area contributed by atoms with Gasteiger partial charge in [-0.15, -0.1) is 0 Å². The summed E-state index contributed by atoms with van der Waals surface area (Å²) in [5.74, 6) is 0. The summed E-state index contributed by atoms with van der Waals surface area (Å²) in [7, 11) is 1.77. The van der Waals surface area contributed by atoms with Gasteiger partial charge in [-0.05, 0) is 6.07 Å². The lowest BCUT2D eigenvalue weighted by Crippen LogP contribution is -2.30. The molecule has 0 aliphatic heterocycles. The van der Waals surface area contributed by atoms with Gasteiger partial charge in [-0.3, -0.25) is 5.41 Å². The Bertz CT molecular complexity index is 272. The van der Waals surface area contributed by atoms with Crippen molar-refractivity contribution >= 4 is 23.5 Å². The third kappa shape index (κ3) is 1.49. The molecule has 0 aromatic carbocycles. The number of aromatic nitrogens is 1. The fourth-order valence-electron chi connectivity index (χ4n) is 0.827. The van der Waals surface area contributed by atoms with Crippen LogP contribution >= 0.6 is 11.6 Å². The van der Waals surface area contributed by atoms with Crippen LogP contribution in [0.1, 0.15) is 5.69 Å². The molecule has 0 spiro atoms. The first-order chi connectivity index (χ1) is 5.29. The van der Waals surface area contributed by atoms with E-state index in [0.29, 0.717) is 10.7 Å². The van der Waals surface area contributed by atoms with E-state index >= 15 is 0 Å². The number of anilines is 1. The standard InChI is InChI=1S/C7H8ClN3/c1-10-7-5(8)2-3-11-6(7)4-9/h2-4,9-10H,1H3/p+1. The Morgan fingerprint density at radius 1 is 1.73 bits per heavy atom. The molecule has 0 atom stereocenters. The van der Waals surface area contributed by atoms with Crippen LogP contribution in [0.3, 0.4) is 0 Å². The minimum Gasteiger partial charge on any atom is -0.385 e. The molecule has 0 saturated heterocycles. The van der Waals surface area contributed by atoms with E-state index in [1.807, 2.05) is 0 Å². The van der Waals surface area contributed by atoms with Gasteiger partial charge in [0.05, 0.1) is 10.7 Å². The maximum atomic E-state index is 5.83. The zero-order valence-corrected chi connectivity index (χ0v) is 6.89. The van der Waals surface area contributed by atoms with Gasteiger partial charge in [0.2, 0.25) is 0 Å². The molecule has 1 heterocycles. The second kappa shape index (κ2) is 3.34. The Labute approximate surface area is 69.9 Å². The van der Waals surface area contributed by atoms with Crippen LogP contribution in [-0.2, 0) is 0 Å². The average Bonchev–Trinajstić information content (AvgIpc) is 2.04. The molecule has 1 rings (SSSR count). The molecule has 0 fully saturated rings. The van der Waals surface area contributed by atoms with E-state index in [2.05, 4.69) is 10.3 Å². The van der Waals surface area contributed by atoms with Gasteiger partial charge in [0.1, 0.15) is 0 Å². The molecule has 3 N–H and O–H groups in total. The summed E-state index contributed by atoms with van der Waals surface area (Å²) in [6.07, 6.45) is 3.03. The molecule has 4 heteroatoms. The van der Waals surface area contributed by atoms with E-state index in [-0.39, 0.29) is 0 Å². The minimum absolute atomic E-state index is 0.624. The van der Waals surface area contributed by atoms with E-state index in [9.17, 15) is 0 Å². The Hall–Kier alpha value is -1.09. The Morgan fingerprint density at radius 2 is 2.45 bits per heavy atom. The van der Waals surface area contributed by atoms with E-state index < -0.39 is 0 Å². The van der Waals surface area contributed by atoms with Gasteiger partial charge in [-0.25, -0.2) is 4.98 Å². The second-order valence-electron chi connectivity index (χ2n) is 1.97. The third-order valence-electron chi connectivity index (χ3n) is 1.34. The Morgan fingerprint density at radius 3 is 2.91 bits per heavy atom. The zero-order chi connectivity index (χ0) is 8.27. The first kappa shape index (κ1) is 8.01. The van der Waals surface area contributed by atoms with Crippen molar-refractivity contribution < 1.29 is 5.41 Å². The predicted molar refractivity (Wildman–Crippen MR) is 45.9 cm³/mol. The summed E-state index contributed by atoms with van der Waals surface area (Å²) in [6, 6.07) is 1.71. The molecular weight excluding hydrogens is 162 g/mol. The molecule has 0 saturated carbocycles. The van der Waals surface area contributed by atoms with Gasteiger partial charge in [0, 0.05) is 13.2 Å². The monoisotopic (exact) mass is 170 g/mol. The molecule has 0 aliphatic carbocycles. The van der Waals surface area contributed by atoms with Crippen LogP contribution in [0.15, 0.2) is 12.3 Å². The minimum atomic E-state index is 0.624. The zero-order valence-electron chi connectivity index (χ0n) is 6.13. The van der Waals surface area contributed by atoms with Crippen LogP contribution in [0.2, 0.25) is 5.02 Å². The summed E-state index contributed by atoms with van der Waals surface area (Å²) >= 11 is 5.83. The fourth-order valence-corrected chi connectivity index (χ4v) is 1.07. The van der Waals surface area contributed by atoms with Gasteiger partial charge in [-0.2, -0.15) is 0 Å². The lowest BCUT2D eigenvalue weighted by molar-refractivity contribution is -0.104. The smallest absolute Gasteiger partial charge is 0.188 e. The van der Waals surface area contributed by atoms with Crippen LogP contribution in [0.4, 0.5) is 5.69 Å². The summed E-state index contributed by atoms with van der Waals surface area (Å²) < 4.78 is 0. The van der Waals surface area contributed by atoms with E-state index in [0.717, 1.165) is 5.69 Å². The molecule has 0 amide bonds. The van der Waals surface area contributed by atoms with E-state index in [4.69, 9.17) is 17.0 Å². The average molecular weight is 171 g/mol. The largest absolute Gasteiger partial charge is 0.385 e. The topological polar surface area (TPSA) is 50.5 Å². The highest BCUT2D eigenvalue weighted by molar-refractivity contribution is 6.33. The number of pyridine rings is 1. The number of nitrogens with two attached hydrogens (primary N) is 1. The molecule has 3 nitrogen and oxygen atoms in total. The van der Waals surface area contributed by atoms with Crippen molar-refractivity contribution in [3.8, 4) is 0 Å². The number of nitrogens with zero attached hydrogens (tertiary/aromatic N) is 1. The third-order valence-corrected chi connectivity index (χ3v) is 1.65. The number of hydrogen-bond donors (Lipinski definition) is 2. The van der Waals surface area contributed by atoms with Gasteiger partial charge >= 0.3 is 0 Å². The molecule has 0 radical (unpaired) electrons. The predicted octanol–water partition coefficient (Wildman–Crippen LogP) is -0.0453. The van der Waals surface area contributed by atoms with Crippen molar-refractivity contribution in [3.05, 3.63) is 23.0 Å². The van der Waals surface area contributed by atoms with Crippen molar-refractivity contribution in [1.82, 2.24) is 4.98 Å². The molecule has 58 valence electrons. The lowest BCUT2D eigenvalue weighted by Gasteiger charge is -2.02. The lowest BCUT2D eigenvalue weighted by atomic mass is 10.3. The first-order valence-corrected chi connectivity index (χ1v) is 3.54. The first-order valence-electron chi connectivity index (χ1n) is 3.16. The quantitative estimate of drug-likeness (QED) is 0.612. The van der Waals surface area contributed by atoms with Gasteiger partial charge in [-0.1, -0.05) is 11.6 Å². The normalized spacial score (nSPS) is 9.27. The SMILES string of the molecule is CNc1c(Cl)ccnc1C=[NH2+]. The van der Waals surface area contributed by atoms with Crippen molar-refractivity contribution in [2.24, 2.45) is 0 Å². The number of halogens is 1. The van der Waals surface area contributed by atoms with E-state index in [1.54, 1.807) is 19.3 Å². The molecule has 0 unspecified atom stereocenters. The molecule has 11 heavy (non-hydrogen) atoms. The summed E-state index contributed by atoms with van der Waals surface area (Å²) in [4.78, 5) is 4.00. The Balaban J connectivity index is 3.23. The van der Waals surface area contributed by atoms with Crippen LogP contribution in [0.5, 0.6) is 0 Å². The highest BCUT2D eigenvalue weighted by Gasteiger charge is 2.04. The number of hydrogen-bond acceptors (Lipinski definition) is 2. The van der Waals surface area contributed by atoms with Crippen LogP contribution in [0.25, 0.3) is 0 Å². The molecule has 1 aromatic heterocycles. The number of rotatable bonds is 2.